The van der Waals surface area contributed by atoms with Gasteiger partial charge in [-0.05, 0) is 32.9 Å². The van der Waals surface area contributed by atoms with Crippen LogP contribution in [-0.4, -0.2) is 35.4 Å². The average molecular weight is 265 g/mol. The van der Waals surface area contributed by atoms with Gasteiger partial charge in [-0.2, -0.15) is 0 Å². The van der Waals surface area contributed by atoms with Crippen LogP contribution < -0.4 is 5.32 Å². The first-order chi connectivity index (χ1) is 8.86. The Morgan fingerprint density at radius 2 is 2.16 bits per heavy atom. The standard InChI is InChI=1S/C13H19N3O3/c1-5-15(4)13(17)10(3)14-11-6-7-12(16(18)19)9(2)8-11/h6-8,10,14H,5H2,1-4H3. The second-order valence-electron chi connectivity index (χ2n) is 4.48. The lowest BCUT2D eigenvalue weighted by Gasteiger charge is -2.21. The number of nitro groups is 1. The zero-order chi connectivity index (χ0) is 14.6. The molecule has 0 bridgehead atoms. The third-order valence-electron chi connectivity index (χ3n) is 3.00. The zero-order valence-electron chi connectivity index (χ0n) is 11.6. The van der Waals surface area contributed by atoms with Crippen LogP contribution in [0.1, 0.15) is 19.4 Å². The Bertz CT molecular complexity index is 488. The summed E-state index contributed by atoms with van der Waals surface area (Å²) in [4.78, 5) is 23.8. The molecule has 0 aromatic heterocycles. The molecular weight excluding hydrogens is 246 g/mol. The van der Waals surface area contributed by atoms with Crippen molar-refractivity contribution in [2.24, 2.45) is 0 Å². The van der Waals surface area contributed by atoms with Crippen LogP contribution in [0, 0.1) is 17.0 Å². The summed E-state index contributed by atoms with van der Waals surface area (Å²) in [7, 11) is 1.74. The van der Waals surface area contributed by atoms with Crippen LogP contribution in [0.4, 0.5) is 11.4 Å². The summed E-state index contributed by atoms with van der Waals surface area (Å²) >= 11 is 0. The first kappa shape index (κ1) is 14.9. The van der Waals surface area contributed by atoms with E-state index in [1.165, 1.54) is 6.07 Å². The molecule has 0 aliphatic heterocycles. The van der Waals surface area contributed by atoms with Gasteiger partial charge in [0.1, 0.15) is 6.04 Å². The average Bonchev–Trinajstić information content (AvgIpc) is 2.36. The highest BCUT2D eigenvalue weighted by Crippen LogP contribution is 2.22. The second kappa shape index (κ2) is 6.17. The Hall–Kier alpha value is -2.11. The molecule has 104 valence electrons. The van der Waals surface area contributed by atoms with E-state index in [1.54, 1.807) is 37.9 Å². The van der Waals surface area contributed by atoms with Gasteiger partial charge >= 0.3 is 0 Å². The fraction of sp³-hybridized carbons (Fsp3) is 0.462. The number of hydrogen-bond donors (Lipinski definition) is 1. The van der Waals surface area contributed by atoms with Crippen molar-refractivity contribution in [3.05, 3.63) is 33.9 Å². The Morgan fingerprint density at radius 1 is 1.53 bits per heavy atom. The topological polar surface area (TPSA) is 75.5 Å². The van der Waals surface area contributed by atoms with Gasteiger partial charge in [0.25, 0.3) is 5.69 Å². The summed E-state index contributed by atoms with van der Waals surface area (Å²) in [5.74, 6) is -0.0153. The van der Waals surface area contributed by atoms with Crippen LogP contribution in [-0.2, 0) is 4.79 Å². The molecule has 0 aliphatic carbocycles. The van der Waals surface area contributed by atoms with Crippen LogP contribution >= 0.6 is 0 Å². The Labute approximate surface area is 112 Å². The Kier molecular flexibility index (Phi) is 4.86. The number of carbonyl (C=O) groups is 1. The molecule has 1 N–H and O–H groups in total. The number of nitrogens with one attached hydrogen (secondary N) is 1. The van der Waals surface area contributed by atoms with E-state index in [0.717, 1.165) is 0 Å². The summed E-state index contributed by atoms with van der Waals surface area (Å²) in [6.45, 7) is 5.99. The molecule has 6 heteroatoms. The van der Waals surface area contributed by atoms with Crippen LogP contribution in [0.5, 0.6) is 0 Å². The minimum atomic E-state index is -0.418. The number of hydrogen-bond acceptors (Lipinski definition) is 4. The molecule has 1 aromatic carbocycles. The molecule has 0 aliphatic rings. The summed E-state index contributed by atoms with van der Waals surface area (Å²) in [5, 5.41) is 13.8. The normalized spacial score (nSPS) is 11.8. The maximum Gasteiger partial charge on any atom is 0.272 e. The molecule has 1 atom stereocenters. The van der Waals surface area contributed by atoms with Crippen molar-refractivity contribution in [2.75, 3.05) is 18.9 Å². The fourth-order valence-electron chi connectivity index (χ4n) is 1.75. The van der Waals surface area contributed by atoms with E-state index in [0.29, 0.717) is 17.8 Å². The van der Waals surface area contributed by atoms with Gasteiger partial charge in [-0.1, -0.05) is 0 Å². The third kappa shape index (κ3) is 3.67. The van der Waals surface area contributed by atoms with Gasteiger partial charge in [0.15, 0.2) is 0 Å². The summed E-state index contributed by atoms with van der Waals surface area (Å²) in [6, 6.07) is 4.36. The van der Waals surface area contributed by atoms with Crippen molar-refractivity contribution < 1.29 is 9.72 Å². The van der Waals surface area contributed by atoms with E-state index in [2.05, 4.69) is 5.32 Å². The highest BCUT2D eigenvalue weighted by Gasteiger charge is 2.17. The molecular formula is C13H19N3O3. The number of benzene rings is 1. The van der Waals surface area contributed by atoms with Crippen LogP contribution in [0.25, 0.3) is 0 Å². The largest absolute Gasteiger partial charge is 0.374 e. The van der Waals surface area contributed by atoms with E-state index < -0.39 is 4.92 Å². The van der Waals surface area contributed by atoms with Crippen molar-refractivity contribution in [1.29, 1.82) is 0 Å². The fourth-order valence-corrected chi connectivity index (χ4v) is 1.75. The minimum absolute atomic E-state index is 0.0153. The molecule has 1 aromatic rings. The van der Waals surface area contributed by atoms with Gasteiger partial charge in [0.2, 0.25) is 5.91 Å². The van der Waals surface area contributed by atoms with Crippen LogP contribution in [0.2, 0.25) is 0 Å². The summed E-state index contributed by atoms with van der Waals surface area (Å²) in [6.07, 6.45) is 0. The number of anilines is 1. The van der Waals surface area contributed by atoms with Crippen LogP contribution in [0.15, 0.2) is 18.2 Å². The number of amides is 1. The zero-order valence-corrected chi connectivity index (χ0v) is 11.6. The lowest BCUT2D eigenvalue weighted by atomic mass is 10.1. The molecule has 19 heavy (non-hydrogen) atoms. The number of likely N-dealkylation sites (N-methyl/N-ethyl adjacent to an activating group) is 1. The van der Waals surface area contributed by atoms with E-state index in [9.17, 15) is 14.9 Å². The minimum Gasteiger partial charge on any atom is -0.374 e. The molecule has 1 rings (SSSR count). The van der Waals surface area contributed by atoms with Gasteiger partial charge in [0, 0.05) is 30.9 Å². The highest BCUT2D eigenvalue weighted by molar-refractivity contribution is 5.84. The van der Waals surface area contributed by atoms with Crippen molar-refractivity contribution >= 4 is 17.3 Å². The van der Waals surface area contributed by atoms with Crippen molar-refractivity contribution in [2.45, 2.75) is 26.8 Å². The van der Waals surface area contributed by atoms with E-state index >= 15 is 0 Å². The maximum absolute atomic E-state index is 11.9. The van der Waals surface area contributed by atoms with E-state index in [1.807, 2.05) is 6.92 Å². The lowest BCUT2D eigenvalue weighted by molar-refractivity contribution is -0.385. The number of rotatable bonds is 5. The quantitative estimate of drug-likeness (QED) is 0.654. The number of aryl methyl sites for hydroxylation is 1. The van der Waals surface area contributed by atoms with Gasteiger partial charge in [-0.3, -0.25) is 14.9 Å². The Morgan fingerprint density at radius 3 is 2.63 bits per heavy atom. The first-order valence-electron chi connectivity index (χ1n) is 6.13. The van der Waals surface area contributed by atoms with E-state index in [4.69, 9.17) is 0 Å². The molecule has 0 saturated heterocycles. The summed E-state index contributed by atoms with van der Waals surface area (Å²) in [5.41, 5.74) is 1.35. The van der Waals surface area contributed by atoms with Gasteiger partial charge in [-0.15, -0.1) is 0 Å². The molecule has 6 nitrogen and oxygen atoms in total. The monoisotopic (exact) mass is 265 g/mol. The highest BCUT2D eigenvalue weighted by atomic mass is 16.6. The predicted molar refractivity (Wildman–Crippen MR) is 74.2 cm³/mol. The van der Waals surface area contributed by atoms with E-state index in [-0.39, 0.29) is 17.6 Å². The summed E-state index contributed by atoms with van der Waals surface area (Å²) < 4.78 is 0. The SMILES string of the molecule is CCN(C)C(=O)C(C)Nc1ccc([N+](=O)[O-])c(C)c1. The molecule has 1 amide bonds. The van der Waals surface area contributed by atoms with Gasteiger partial charge in [0.05, 0.1) is 4.92 Å². The van der Waals surface area contributed by atoms with Gasteiger partial charge < -0.3 is 10.2 Å². The lowest BCUT2D eigenvalue weighted by Crippen LogP contribution is -2.38. The molecule has 0 fully saturated rings. The molecule has 0 heterocycles. The second-order valence-corrected chi connectivity index (χ2v) is 4.48. The van der Waals surface area contributed by atoms with Crippen molar-refractivity contribution in [3.8, 4) is 0 Å². The number of nitro benzene ring substituents is 1. The molecule has 0 spiro atoms. The predicted octanol–water partition coefficient (Wildman–Crippen LogP) is 2.18. The van der Waals surface area contributed by atoms with Crippen LogP contribution in [0.3, 0.4) is 0 Å². The molecule has 0 radical (unpaired) electrons. The Balaban J connectivity index is 2.81. The molecule has 1 unspecified atom stereocenters. The maximum atomic E-state index is 11.9. The van der Waals surface area contributed by atoms with Gasteiger partial charge in [-0.25, -0.2) is 0 Å². The number of carbonyl (C=O) groups excluding carboxylic acids is 1. The van der Waals surface area contributed by atoms with Crippen molar-refractivity contribution in [1.82, 2.24) is 4.90 Å². The molecule has 0 saturated carbocycles. The smallest absolute Gasteiger partial charge is 0.272 e. The third-order valence-corrected chi connectivity index (χ3v) is 3.00. The van der Waals surface area contributed by atoms with Crippen molar-refractivity contribution in [3.63, 3.8) is 0 Å². The number of nitrogens with zero attached hydrogens (tertiary/aromatic N) is 2. The first-order valence-corrected chi connectivity index (χ1v) is 6.13.